The second-order valence-electron chi connectivity index (χ2n) is 5.18. The lowest BCUT2D eigenvalue weighted by molar-refractivity contribution is -0.0133. The van der Waals surface area contributed by atoms with E-state index in [-0.39, 0.29) is 0 Å². The predicted molar refractivity (Wildman–Crippen MR) is 60.3 cm³/mol. The van der Waals surface area contributed by atoms with Crippen LogP contribution >= 0.6 is 0 Å². The van der Waals surface area contributed by atoms with Crippen LogP contribution in [0.2, 0.25) is 0 Å². The van der Waals surface area contributed by atoms with Crippen molar-refractivity contribution in [2.24, 2.45) is 5.92 Å². The first-order valence-electron chi connectivity index (χ1n) is 5.92. The van der Waals surface area contributed by atoms with Crippen LogP contribution in [-0.2, 0) is 0 Å². The molecule has 0 aromatic heterocycles. The van der Waals surface area contributed by atoms with Crippen LogP contribution in [0.4, 0.5) is 0 Å². The fraction of sp³-hybridized carbons (Fsp3) is 1.00. The normalized spacial score (nSPS) is 34.1. The molecule has 1 heterocycles. The van der Waals surface area contributed by atoms with E-state index in [2.05, 4.69) is 25.7 Å². The molecule has 0 aliphatic carbocycles. The van der Waals surface area contributed by atoms with E-state index in [1.165, 1.54) is 12.8 Å². The maximum Gasteiger partial charge on any atom is 0.0743 e. The SMILES string of the molecule is CCC(C)(O)CN1CCCC(C)C1C. The van der Waals surface area contributed by atoms with Crippen molar-refractivity contribution in [1.82, 2.24) is 4.90 Å². The van der Waals surface area contributed by atoms with Gasteiger partial charge in [0.05, 0.1) is 5.60 Å². The Labute approximate surface area is 88.3 Å². The molecule has 3 unspecified atom stereocenters. The van der Waals surface area contributed by atoms with Crippen LogP contribution < -0.4 is 0 Å². The molecule has 2 heteroatoms. The van der Waals surface area contributed by atoms with Crippen molar-refractivity contribution in [2.75, 3.05) is 13.1 Å². The van der Waals surface area contributed by atoms with Crippen LogP contribution in [0.15, 0.2) is 0 Å². The van der Waals surface area contributed by atoms with Crippen molar-refractivity contribution in [1.29, 1.82) is 0 Å². The zero-order valence-corrected chi connectivity index (χ0v) is 10.1. The van der Waals surface area contributed by atoms with Gasteiger partial charge in [0.15, 0.2) is 0 Å². The maximum atomic E-state index is 10.0. The van der Waals surface area contributed by atoms with Gasteiger partial charge >= 0.3 is 0 Å². The molecule has 0 spiro atoms. The minimum absolute atomic E-state index is 0.509. The summed E-state index contributed by atoms with van der Waals surface area (Å²) < 4.78 is 0. The molecule has 0 radical (unpaired) electrons. The Kier molecular flexibility index (Phi) is 3.96. The van der Waals surface area contributed by atoms with E-state index >= 15 is 0 Å². The molecule has 1 saturated heterocycles. The Morgan fingerprint density at radius 2 is 2.07 bits per heavy atom. The van der Waals surface area contributed by atoms with Crippen molar-refractivity contribution in [2.45, 2.75) is 58.6 Å². The van der Waals surface area contributed by atoms with Gasteiger partial charge in [-0.3, -0.25) is 4.90 Å². The third-order valence-corrected chi connectivity index (χ3v) is 3.81. The highest BCUT2D eigenvalue weighted by atomic mass is 16.3. The van der Waals surface area contributed by atoms with E-state index in [9.17, 15) is 5.11 Å². The summed E-state index contributed by atoms with van der Waals surface area (Å²) in [6, 6.07) is 0.627. The quantitative estimate of drug-likeness (QED) is 0.753. The summed E-state index contributed by atoms with van der Waals surface area (Å²) in [4.78, 5) is 2.44. The van der Waals surface area contributed by atoms with Gasteiger partial charge in [0.2, 0.25) is 0 Å². The molecule has 84 valence electrons. The summed E-state index contributed by atoms with van der Waals surface area (Å²) >= 11 is 0. The average molecular weight is 199 g/mol. The molecule has 1 fully saturated rings. The van der Waals surface area contributed by atoms with Gasteiger partial charge < -0.3 is 5.11 Å². The molecule has 2 nitrogen and oxygen atoms in total. The highest BCUT2D eigenvalue weighted by molar-refractivity contribution is 4.84. The van der Waals surface area contributed by atoms with Crippen LogP contribution in [0, 0.1) is 5.92 Å². The smallest absolute Gasteiger partial charge is 0.0743 e. The first-order chi connectivity index (χ1) is 6.46. The first-order valence-corrected chi connectivity index (χ1v) is 5.92. The highest BCUT2D eigenvalue weighted by Crippen LogP contribution is 2.25. The molecule has 1 aliphatic heterocycles. The standard InChI is InChI=1S/C12H25NO/c1-5-12(4,14)9-13-8-6-7-10(2)11(13)3/h10-11,14H,5-9H2,1-4H3. The molecule has 1 N–H and O–H groups in total. The van der Waals surface area contributed by atoms with Crippen LogP contribution in [0.25, 0.3) is 0 Å². The van der Waals surface area contributed by atoms with Gasteiger partial charge in [0.1, 0.15) is 0 Å². The molecular formula is C12H25NO. The monoisotopic (exact) mass is 199 g/mol. The number of nitrogens with zero attached hydrogens (tertiary/aromatic N) is 1. The second-order valence-corrected chi connectivity index (χ2v) is 5.18. The number of β-amino-alcohol motifs (C(OH)–C–C–N with tert-alkyl or cyclic N) is 1. The van der Waals surface area contributed by atoms with E-state index < -0.39 is 5.60 Å². The molecule has 14 heavy (non-hydrogen) atoms. The zero-order chi connectivity index (χ0) is 10.8. The van der Waals surface area contributed by atoms with Gasteiger partial charge in [-0.2, -0.15) is 0 Å². The van der Waals surface area contributed by atoms with Gasteiger partial charge in [-0.15, -0.1) is 0 Å². The number of hydrogen-bond donors (Lipinski definition) is 1. The van der Waals surface area contributed by atoms with Crippen molar-refractivity contribution in [3.05, 3.63) is 0 Å². The number of rotatable bonds is 3. The van der Waals surface area contributed by atoms with Crippen LogP contribution in [0.5, 0.6) is 0 Å². The fourth-order valence-corrected chi connectivity index (χ4v) is 2.19. The molecule has 0 aromatic carbocycles. The molecule has 0 saturated carbocycles. The van der Waals surface area contributed by atoms with Crippen LogP contribution in [0.3, 0.4) is 0 Å². The Morgan fingerprint density at radius 3 is 2.64 bits per heavy atom. The Bertz CT molecular complexity index is 179. The number of likely N-dealkylation sites (tertiary alicyclic amines) is 1. The second kappa shape index (κ2) is 4.63. The van der Waals surface area contributed by atoms with Gasteiger partial charge in [0, 0.05) is 12.6 Å². The van der Waals surface area contributed by atoms with Gasteiger partial charge in [-0.1, -0.05) is 13.8 Å². The molecular weight excluding hydrogens is 174 g/mol. The number of piperidine rings is 1. The molecule has 1 aliphatic rings. The summed E-state index contributed by atoms with van der Waals surface area (Å²) in [7, 11) is 0. The van der Waals surface area contributed by atoms with Crippen LogP contribution in [-0.4, -0.2) is 34.7 Å². The largest absolute Gasteiger partial charge is 0.389 e. The molecule has 0 bridgehead atoms. The van der Waals surface area contributed by atoms with Crippen molar-refractivity contribution < 1.29 is 5.11 Å². The van der Waals surface area contributed by atoms with E-state index in [1.54, 1.807) is 0 Å². The minimum Gasteiger partial charge on any atom is -0.389 e. The third-order valence-electron chi connectivity index (χ3n) is 3.81. The molecule has 1 rings (SSSR count). The number of aliphatic hydroxyl groups is 1. The Morgan fingerprint density at radius 1 is 1.43 bits per heavy atom. The fourth-order valence-electron chi connectivity index (χ4n) is 2.19. The summed E-state index contributed by atoms with van der Waals surface area (Å²) in [5.41, 5.74) is -0.509. The van der Waals surface area contributed by atoms with Gasteiger partial charge in [0.25, 0.3) is 0 Å². The summed E-state index contributed by atoms with van der Waals surface area (Å²) in [5.74, 6) is 0.774. The maximum absolute atomic E-state index is 10.0. The van der Waals surface area contributed by atoms with Crippen molar-refractivity contribution >= 4 is 0 Å². The Balaban J connectivity index is 2.51. The molecule has 0 aromatic rings. The zero-order valence-electron chi connectivity index (χ0n) is 10.1. The summed E-state index contributed by atoms with van der Waals surface area (Å²) in [5, 5.41) is 10.0. The van der Waals surface area contributed by atoms with E-state index in [4.69, 9.17) is 0 Å². The summed E-state index contributed by atoms with van der Waals surface area (Å²) in [6.07, 6.45) is 3.46. The molecule has 3 atom stereocenters. The summed E-state index contributed by atoms with van der Waals surface area (Å²) in [6.45, 7) is 10.6. The van der Waals surface area contributed by atoms with E-state index in [0.29, 0.717) is 6.04 Å². The van der Waals surface area contributed by atoms with Gasteiger partial charge in [-0.05, 0) is 45.6 Å². The van der Waals surface area contributed by atoms with Crippen LogP contribution in [0.1, 0.15) is 47.0 Å². The highest BCUT2D eigenvalue weighted by Gasteiger charge is 2.29. The minimum atomic E-state index is -0.509. The van der Waals surface area contributed by atoms with Crippen molar-refractivity contribution in [3.63, 3.8) is 0 Å². The van der Waals surface area contributed by atoms with E-state index in [0.717, 1.165) is 25.4 Å². The lowest BCUT2D eigenvalue weighted by Crippen LogP contribution is -2.49. The predicted octanol–water partition coefficient (Wildman–Crippen LogP) is 2.27. The van der Waals surface area contributed by atoms with Crippen molar-refractivity contribution in [3.8, 4) is 0 Å². The Hall–Kier alpha value is -0.0800. The molecule has 0 amide bonds. The average Bonchev–Trinajstić information content (AvgIpc) is 2.13. The lowest BCUT2D eigenvalue weighted by atomic mass is 9.90. The van der Waals surface area contributed by atoms with E-state index in [1.807, 2.05) is 6.92 Å². The lowest BCUT2D eigenvalue weighted by Gasteiger charge is -2.41. The number of hydrogen-bond acceptors (Lipinski definition) is 2. The third kappa shape index (κ3) is 2.96. The first kappa shape index (κ1) is 12.0. The topological polar surface area (TPSA) is 23.5 Å². The van der Waals surface area contributed by atoms with Gasteiger partial charge in [-0.25, -0.2) is 0 Å².